The van der Waals surface area contributed by atoms with Crippen molar-refractivity contribution < 1.29 is 9.53 Å². The second kappa shape index (κ2) is 6.80. The molecule has 0 unspecified atom stereocenters. The Morgan fingerprint density at radius 3 is 2.46 bits per heavy atom. The molecule has 2 atom stereocenters. The summed E-state index contributed by atoms with van der Waals surface area (Å²) in [4.78, 5) is 13.2. The number of ether oxygens (including phenoxy) is 1. The molecule has 3 aromatic rings. The monoisotopic (exact) mass is 388 g/mol. The number of hydrogen-bond donors (Lipinski definition) is 0. The van der Waals surface area contributed by atoms with Gasteiger partial charge in [0.2, 0.25) is 5.78 Å². The topological polar surface area (TPSA) is 41.9 Å². The van der Waals surface area contributed by atoms with Gasteiger partial charge in [-0.25, -0.2) is 5.01 Å². The maximum Gasteiger partial charge on any atom is 0.251 e. The van der Waals surface area contributed by atoms with E-state index in [0.29, 0.717) is 22.8 Å². The molecule has 28 heavy (non-hydrogen) atoms. The van der Waals surface area contributed by atoms with Crippen molar-refractivity contribution in [3.05, 3.63) is 101 Å². The summed E-state index contributed by atoms with van der Waals surface area (Å²) in [6.07, 6.45) is -0.110. The summed E-state index contributed by atoms with van der Waals surface area (Å²) in [5.41, 5.74) is 3.55. The summed E-state index contributed by atoms with van der Waals surface area (Å²) in [6.45, 7) is 0. The Labute approximate surface area is 168 Å². The van der Waals surface area contributed by atoms with Crippen LogP contribution in [0.5, 0.6) is 5.75 Å². The van der Waals surface area contributed by atoms with Crippen LogP contribution in [0.4, 0.5) is 0 Å². The highest BCUT2D eigenvalue weighted by molar-refractivity contribution is 6.30. The molecular formula is C23H17ClN2O2. The minimum Gasteiger partial charge on any atom is -0.461 e. The number of rotatable bonds is 3. The number of carbonyl (C=O) groups excluding carboxylic acids is 1. The predicted octanol–water partition coefficient (Wildman–Crippen LogP) is 5.09. The summed E-state index contributed by atoms with van der Waals surface area (Å²) in [5.74, 6) is 0.578. The van der Waals surface area contributed by atoms with Gasteiger partial charge in [0, 0.05) is 22.6 Å². The van der Waals surface area contributed by atoms with E-state index in [-0.39, 0.29) is 11.8 Å². The van der Waals surface area contributed by atoms with Crippen LogP contribution in [0, 0.1) is 0 Å². The van der Waals surface area contributed by atoms with Gasteiger partial charge in [0.05, 0.1) is 11.8 Å². The van der Waals surface area contributed by atoms with Crippen LogP contribution in [0.3, 0.4) is 0 Å². The van der Waals surface area contributed by atoms with E-state index in [1.807, 2.05) is 60.7 Å². The van der Waals surface area contributed by atoms with Crippen molar-refractivity contribution in [3.63, 3.8) is 0 Å². The molecule has 5 rings (SSSR count). The lowest BCUT2D eigenvalue weighted by Gasteiger charge is -2.37. The minimum absolute atomic E-state index is 0.0877. The SMILES string of the molecule is O=C(c1ccccc1)[C@@H]1Oc2ccc(Cl)cc2[C@@H]2CC(c3ccccc3)=NN12. The van der Waals surface area contributed by atoms with Crippen molar-refractivity contribution in [2.45, 2.75) is 18.7 Å². The quantitative estimate of drug-likeness (QED) is 0.587. The van der Waals surface area contributed by atoms with Gasteiger partial charge in [0.25, 0.3) is 6.23 Å². The first-order valence-electron chi connectivity index (χ1n) is 9.17. The van der Waals surface area contributed by atoms with Gasteiger partial charge in [-0.1, -0.05) is 72.3 Å². The Morgan fingerprint density at radius 2 is 1.71 bits per heavy atom. The predicted molar refractivity (Wildman–Crippen MR) is 109 cm³/mol. The van der Waals surface area contributed by atoms with Gasteiger partial charge >= 0.3 is 0 Å². The molecule has 0 saturated heterocycles. The molecule has 0 saturated carbocycles. The third-order valence-electron chi connectivity index (χ3n) is 5.14. The number of fused-ring (bicyclic) bond motifs is 3. The lowest BCUT2D eigenvalue weighted by Crippen LogP contribution is -2.45. The lowest BCUT2D eigenvalue weighted by atomic mass is 9.96. The fourth-order valence-corrected chi connectivity index (χ4v) is 3.96. The van der Waals surface area contributed by atoms with Gasteiger partial charge in [0.15, 0.2) is 0 Å². The smallest absolute Gasteiger partial charge is 0.251 e. The van der Waals surface area contributed by atoms with Crippen LogP contribution in [0.25, 0.3) is 0 Å². The number of halogens is 1. The van der Waals surface area contributed by atoms with Crippen LogP contribution in [-0.4, -0.2) is 22.7 Å². The summed E-state index contributed by atoms with van der Waals surface area (Å²) in [7, 11) is 0. The molecule has 3 aromatic carbocycles. The summed E-state index contributed by atoms with van der Waals surface area (Å²) in [5, 5.41) is 7.23. The summed E-state index contributed by atoms with van der Waals surface area (Å²) >= 11 is 6.24. The number of benzene rings is 3. The van der Waals surface area contributed by atoms with Crippen LogP contribution in [0.2, 0.25) is 5.02 Å². The minimum atomic E-state index is -0.803. The van der Waals surface area contributed by atoms with Gasteiger partial charge in [-0.05, 0) is 23.8 Å². The van der Waals surface area contributed by atoms with Crippen LogP contribution in [-0.2, 0) is 0 Å². The van der Waals surface area contributed by atoms with Crippen molar-refractivity contribution in [1.29, 1.82) is 0 Å². The Kier molecular flexibility index (Phi) is 4.14. The number of hydrazone groups is 1. The summed E-state index contributed by atoms with van der Waals surface area (Å²) in [6, 6.07) is 24.7. The average molecular weight is 389 g/mol. The second-order valence-corrected chi connectivity index (χ2v) is 7.33. The second-order valence-electron chi connectivity index (χ2n) is 6.90. The highest BCUT2D eigenvalue weighted by atomic mass is 35.5. The highest BCUT2D eigenvalue weighted by Crippen LogP contribution is 2.44. The van der Waals surface area contributed by atoms with E-state index in [0.717, 1.165) is 16.8 Å². The van der Waals surface area contributed by atoms with E-state index in [1.54, 1.807) is 23.2 Å². The van der Waals surface area contributed by atoms with Crippen LogP contribution < -0.4 is 4.74 Å². The molecule has 5 heteroatoms. The maximum atomic E-state index is 13.2. The lowest BCUT2D eigenvalue weighted by molar-refractivity contribution is -0.00455. The molecule has 4 nitrogen and oxygen atoms in total. The van der Waals surface area contributed by atoms with E-state index >= 15 is 0 Å². The van der Waals surface area contributed by atoms with E-state index in [4.69, 9.17) is 21.4 Å². The first-order chi connectivity index (χ1) is 13.7. The van der Waals surface area contributed by atoms with Crippen LogP contribution in [0.1, 0.15) is 33.9 Å². The molecule has 0 bridgehead atoms. The molecule has 0 radical (unpaired) electrons. The molecule has 2 aliphatic rings. The number of ketones is 1. The molecule has 2 heterocycles. The Hall–Kier alpha value is -3.11. The first kappa shape index (κ1) is 17.0. The molecule has 0 N–H and O–H groups in total. The Bertz CT molecular complexity index is 1070. The zero-order valence-electron chi connectivity index (χ0n) is 15.0. The molecule has 0 aromatic heterocycles. The largest absolute Gasteiger partial charge is 0.461 e. The van der Waals surface area contributed by atoms with Crippen molar-refractivity contribution in [2.75, 3.05) is 0 Å². The number of Topliss-reactive ketones (excluding diaryl/α,β-unsaturated/α-hetero) is 1. The van der Waals surface area contributed by atoms with Gasteiger partial charge in [0.1, 0.15) is 5.75 Å². The summed E-state index contributed by atoms with van der Waals surface area (Å²) < 4.78 is 6.11. The van der Waals surface area contributed by atoms with E-state index < -0.39 is 6.23 Å². The van der Waals surface area contributed by atoms with Crippen LogP contribution in [0.15, 0.2) is 84.0 Å². The number of carbonyl (C=O) groups is 1. The van der Waals surface area contributed by atoms with E-state index in [2.05, 4.69) is 0 Å². The average Bonchev–Trinajstić information content (AvgIpc) is 3.20. The zero-order valence-corrected chi connectivity index (χ0v) is 15.7. The van der Waals surface area contributed by atoms with E-state index in [1.165, 1.54) is 0 Å². The van der Waals surface area contributed by atoms with Crippen molar-refractivity contribution in [3.8, 4) is 5.75 Å². The number of hydrogen-bond acceptors (Lipinski definition) is 4. The van der Waals surface area contributed by atoms with Crippen molar-refractivity contribution in [2.24, 2.45) is 5.10 Å². The first-order valence-corrected chi connectivity index (χ1v) is 9.55. The van der Waals surface area contributed by atoms with Crippen molar-refractivity contribution in [1.82, 2.24) is 5.01 Å². The van der Waals surface area contributed by atoms with Crippen molar-refractivity contribution >= 4 is 23.1 Å². The molecule has 0 fully saturated rings. The van der Waals surface area contributed by atoms with Gasteiger partial charge in [-0.3, -0.25) is 4.79 Å². The van der Waals surface area contributed by atoms with Gasteiger partial charge in [-0.2, -0.15) is 5.10 Å². The normalized spacial score (nSPS) is 20.0. The Morgan fingerprint density at radius 1 is 1.00 bits per heavy atom. The van der Waals surface area contributed by atoms with Crippen LogP contribution >= 0.6 is 11.6 Å². The molecular weight excluding hydrogens is 372 g/mol. The zero-order chi connectivity index (χ0) is 19.1. The molecule has 138 valence electrons. The van der Waals surface area contributed by atoms with Gasteiger partial charge < -0.3 is 4.74 Å². The molecule has 0 aliphatic carbocycles. The Balaban J connectivity index is 1.59. The molecule has 0 spiro atoms. The standard InChI is InChI=1S/C23H17ClN2O2/c24-17-11-12-21-18(13-17)20-14-19(15-7-3-1-4-8-15)25-26(20)23(28-21)22(27)16-9-5-2-6-10-16/h1-13,20,23H,14H2/t20-,23-/m0/s1. The third kappa shape index (κ3) is 2.86. The van der Waals surface area contributed by atoms with Gasteiger partial charge in [-0.15, -0.1) is 0 Å². The fraction of sp³-hybridized carbons (Fsp3) is 0.130. The van der Waals surface area contributed by atoms with E-state index in [9.17, 15) is 4.79 Å². The molecule has 0 amide bonds. The third-order valence-corrected chi connectivity index (χ3v) is 5.38. The fourth-order valence-electron chi connectivity index (χ4n) is 3.78. The number of nitrogens with zero attached hydrogens (tertiary/aromatic N) is 2. The maximum absolute atomic E-state index is 13.2. The molecule has 2 aliphatic heterocycles. The highest BCUT2D eigenvalue weighted by Gasteiger charge is 2.43.